The number of hydrogen-bond acceptors (Lipinski definition) is 4. The van der Waals surface area contributed by atoms with Crippen molar-refractivity contribution in [1.29, 1.82) is 0 Å². The Bertz CT molecular complexity index is 592. The quantitative estimate of drug-likeness (QED) is 0.844. The molecule has 0 bridgehead atoms. The summed E-state index contributed by atoms with van der Waals surface area (Å²) in [6, 6.07) is 5.29. The number of benzene rings is 1. The Morgan fingerprint density at radius 3 is 2.53 bits per heavy atom. The fraction of sp³-hybridized carbons (Fsp3) is 0.250. The van der Waals surface area contributed by atoms with E-state index in [0.29, 0.717) is 28.0 Å². The zero-order valence-corrected chi connectivity index (χ0v) is 12.3. The number of nitrogens with zero attached hydrogens (tertiary/aromatic N) is 3. The van der Waals surface area contributed by atoms with Crippen LogP contribution in [0.4, 0.5) is 0 Å². The van der Waals surface area contributed by atoms with Crippen molar-refractivity contribution in [3.63, 3.8) is 0 Å². The normalized spacial score (nSPS) is 10.5. The van der Waals surface area contributed by atoms with Crippen LogP contribution in [0.15, 0.2) is 18.2 Å². The number of halogens is 3. The summed E-state index contributed by atoms with van der Waals surface area (Å²) in [5.41, 5.74) is 0.694. The van der Waals surface area contributed by atoms with Crippen molar-refractivity contribution in [2.24, 2.45) is 0 Å². The maximum Gasteiger partial charge on any atom is 0.321 e. The van der Waals surface area contributed by atoms with Gasteiger partial charge in [0.1, 0.15) is 0 Å². The first-order chi connectivity index (χ1) is 9.10. The van der Waals surface area contributed by atoms with Gasteiger partial charge in [0.25, 0.3) is 0 Å². The molecular weight excluding hydrogens is 309 g/mol. The lowest BCUT2D eigenvalue weighted by atomic mass is 10.2. The molecule has 0 N–H and O–H groups in total. The molecule has 0 spiro atoms. The molecule has 0 fully saturated rings. The van der Waals surface area contributed by atoms with E-state index in [-0.39, 0.29) is 11.3 Å². The predicted molar refractivity (Wildman–Crippen MR) is 76.1 cm³/mol. The summed E-state index contributed by atoms with van der Waals surface area (Å²) in [6.07, 6.45) is 0.853. The molecule has 100 valence electrons. The average molecular weight is 319 g/mol. The first-order valence-electron chi connectivity index (χ1n) is 5.60. The second kappa shape index (κ2) is 6.37. The second-order valence-electron chi connectivity index (χ2n) is 3.69. The average Bonchev–Trinajstić information content (AvgIpc) is 2.39. The molecule has 2 rings (SSSR count). The summed E-state index contributed by atoms with van der Waals surface area (Å²) >= 11 is 17.7. The van der Waals surface area contributed by atoms with Gasteiger partial charge in [-0.2, -0.15) is 15.0 Å². The molecule has 7 heteroatoms. The number of hydrogen-bond donors (Lipinski definition) is 0. The Labute approximate surface area is 125 Å². The molecule has 1 aromatic heterocycles. The highest BCUT2D eigenvalue weighted by atomic mass is 35.5. The van der Waals surface area contributed by atoms with E-state index in [4.69, 9.17) is 39.5 Å². The Morgan fingerprint density at radius 2 is 1.84 bits per heavy atom. The Morgan fingerprint density at radius 1 is 1.05 bits per heavy atom. The lowest BCUT2D eigenvalue weighted by molar-refractivity contribution is 0.291. The molecule has 0 amide bonds. The van der Waals surface area contributed by atoms with Crippen molar-refractivity contribution in [2.75, 3.05) is 6.61 Å². The molecule has 0 radical (unpaired) electrons. The third kappa shape index (κ3) is 3.69. The fourth-order valence-corrected chi connectivity index (χ4v) is 1.80. The van der Waals surface area contributed by atoms with Crippen molar-refractivity contribution in [3.8, 4) is 17.4 Å². The van der Waals surface area contributed by atoms with Crippen LogP contribution in [0.2, 0.25) is 15.3 Å². The maximum atomic E-state index is 5.96. The highest BCUT2D eigenvalue weighted by Crippen LogP contribution is 2.27. The summed E-state index contributed by atoms with van der Waals surface area (Å²) < 4.78 is 5.35. The summed E-state index contributed by atoms with van der Waals surface area (Å²) in [5.74, 6) is 0.393. The van der Waals surface area contributed by atoms with Gasteiger partial charge in [-0.3, -0.25) is 0 Å². The van der Waals surface area contributed by atoms with E-state index in [2.05, 4.69) is 15.0 Å². The fourth-order valence-electron chi connectivity index (χ4n) is 1.35. The monoisotopic (exact) mass is 317 g/mol. The largest absolute Gasteiger partial charge is 0.463 e. The topological polar surface area (TPSA) is 47.9 Å². The zero-order chi connectivity index (χ0) is 13.8. The molecule has 2 aromatic rings. The Balaban J connectivity index is 2.37. The van der Waals surface area contributed by atoms with Gasteiger partial charge < -0.3 is 4.74 Å². The Kier molecular flexibility index (Phi) is 4.80. The third-order valence-electron chi connectivity index (χ3n) is 2.20. The molecule has 0 saturated heterocycles. The molecule has 0 aliphatic rings. The van der Waals surface area contributed by atoms with Crippen molar-refractivity contribution in [2.45, 2.75) is 13.3 Å². The molecule has 0 saturated carbocycles. The van der Waals surface area contributed by atoms with Crippen LogP contribution in [0.1, 0.15) is 13.3 Å². The first kappa shape index (κ1) is 14.3. The molecule has 0 aliphatic heterocycles. The van der Waals surface area contributed by atoms with E-state index >= 15 is 0 Å². The van der Waals surface area contributed by atoms with Crippen LogP contribution in [-0.2, 0) is 0 Å². The summed E-state index contributed by atoms with van der Waals surface area (Å²) in [6.45, 7) is 2.50. The molecule has 1 aromatic carbocycles. The summed E-state index contributed by atoms with van der Waals surface area (Å²) in [4.78, 5) is 12.1. The minimum absolute atomic E-state index is 0.0715. The van der Waals surface area contributed by atoms with Crippen LogP contribution in [0.3, 0.4) is 0 Å². The van der Waals surface area contributed by atoms with Gasteiger partial charge in [0.15, 0.2) is 5.82 Å². The highest BCUT2D eigenvalue weighted by molar-refractivity contribution is 6.42. The van der Waals surface area contributed by atoms with Crippen molar-refractivity contribution >= 4 is 34.8 Å². The van der Waals surface area contributed by atoms with E-state index in [1.165, 1.54) is 0 Å². The van der Waals surface area contributed by atoms with Gasteiger partial charge in [0, 0.05) is 5.56 Å². The van der Waals surface area contributed by atoms with Crippen LogP contribution in [-0.4, -0.2) is 21.6 Å². The second-order valence-corrected chi connectivity index (χ2v) is 4.84. The zero-order valence-electron chi connectivity index (χ0n) is 10.0. The molecule has 19 heavy (non-hydrogen) atoms. The van der Waals surface area contributed by atoms with Crippen LogP contribution >= 0.6 is 34.8 Å². The summed E-state index contributed by atoms with van der Waals surface area (Å²) in [5, 5.41) is 0.960. The van der Waals surface area contributed by atoms with Crippen LogP contribution in [0.25, 0.3) is 11.4 Å². The van der Waals surface area contributed by atoms with Crippen LogP contribution < -0.4 is 4.74 Å². The van der Waals surface area contributed by atoms with Gasteiger partial charge in [-0.15, -0.1) is 0 Å². The molecular formula is C12H10Cl3N3O. The maximum absolute atomic E-state index is 5.96. The molecule has 1 heterocycles. The smallest absolute Gasteiger partial charge is 0.321 e. The van der Waals surface area contributed by atoms with Crippen LogP contribution in [0.5, 0.6) is 6.01 Å². The van der Waals surface area contributed by atoms with E-state index in [1.807, 2.05) is 6.92 Å². The minimum Gasteiger partial charge on any atom is -0.463 e. The summed E-state index contributed by atoms with van der Waals surface area (Å²) in [7, 11) is 0. The van der Waals surface area contributed by atoms with E-state index in [0.717, 1.165) is 6.42 Å². The van der Waals surface area contributed by atoms with Gasteiger partial charge >= 0.3 is 6.01 Å². The number of aromatic nitrogens is 3. The lowest BCUT2D eigenvalue weighted by Gasteiger charge is -2.06. The standard InChI is InChI=1S/C12H10Cl3N3O/c1-2-5-19-12-17-10(16-11(15)18-12)7-3-4-8(13)9(14)6-7/h3-4,6H,2,5H2,1H3. The highest BCUT2D eigenvalue weighted by Gasteiger charge is 2.09. The number of rotatable bonds is 4. The minimum atomic E-state index is 0.0715. The SMILES string of the molecule is CCCOc1nc(Cl)nc(-c2ccc(Cl)c(Cl)c2)n1. The van der Waals surface area contributed by atoms with E-state index in [1.54, 1.807) is 18.2 Å². The predicted octanol–water partition coefficient (Wildman–Crippen LogP) is 4.29. The van der Waals surface area contributed by atoms with E-state index < -0.39 is 0 Å². The molecule has 0 aliphatic carbocycles. The lowest BCUT2D eigenvalue weighted by Crippen LogP contribution is -2.02. The van der Waals surface area contributed by atoms with Crippen LogP contribution in [0, 0.1) is 0 Å². The molecule has 4 nitrogen and oxygen atoms in total. The van der Waals surface area contributed by atoms with Gasteiger partial charge in [-0.25, -0.2) is 0 Å². The molecule has 0 unspecified atom stereocenters. The van der Waals surface area contributed by atoms with Crippen molar-refractivity contribution < 1.29 is 4.74 Å². The van der Waals surface area contributed by atoms with Crippen molar-refractivity contribution in [3.05, 3.63) is 33.5 Å². The van der Waals surface area contributed by atoms with Gasteiger partial charge in [-0.1, -0.05) is 30.1 Å². The molecule has 0 atom stereocenters. The Hall–Kier alpha value is -1.10. The van der Waals surface area contributed by atoms with Crippen molar-refractivity contribution in [1.82, 2.24) is 15.0 Å². The van der Waals surface area contributed by atoms with Gasteiger partial charge in [0.2, 0.25) is 5.28 Å². The number of ether oxygens (including phenoxy) is 1. The first-order valence-corrected chi connectivity index (χ1v) is 6.73. The van der Waals surface area contributed by atoms with Gasteiger partial charge in [-0.05, 0) is 36.2 Å². The van der Waals surface area contributed by atoms with E-state index in [9.17, 15) is 0 Å². The third-order valence-corrected chi connectivity index (χ3v) is 3.11. The van der Waals surface area contributed by atoms with Gasteiger partial charge in [0.05, 0.1) is 16.7 Å².